The second kappa shape index (κ2) is 7.47. The third-order valence-electron chi connectivity index (χ3n) is 4.66. The first-order valence-corrected chi connectivity index (χ1v) is 8.76. The second-order valence-corrected chi connectivity index (χ2v) is 6.31. The van der Waals surface area contributed by atoms with Gasteiger partial charge in [-0.2, -0.15) is 4.99 Å². The van der Waals surface area contributed by atoms with Crippen LogP contribution in [0.4, 0.5) is 0 Å². The molecule has 3 nitrogen and oxygen atoms in total. The van der Waals surface area contributed by atoms with E-state index >= 15 is 0 Å². The van der Waals surface area contributed by atoms with E-state index in [9.17, 15) is 4.79 Å². The SMILES string of the molecule is C=C[C@@H](c1ccccc1)[C@@]1(CCCC)OC(c2ccccc2)=NC1=O. The molecule has 25 heavy (non-hydrogen) atoms. The van der Waals surface area contributed by atoms with E-state index in [1.54, 1.807) is 0 Å². The van der Waals surface area contributed by atoms with Crippen molar-refractivity contribution in [3.63, 3.8) is 0 Å². The molecule has 1 amide bonds. The maximum atomic E-state index is 13.0. The molecule has 0 aliphatic carbocycles. The molecule has 0 spiro atoms. The lowest BCUT2D eigenvalue weighted by molar-refractivity contribution is -0.132. The van der Waals surface area contributed by atoms with E-state index in [1.807, 2.05) is 66.7 Å². The van der Waals surface area contributed by atoms with E-state index in [2.05, 4.69) is 18.5 Å². The van der Waals surface area contributed by atoms with Crippen LogP contribution in [-0.4, -0.2) is 17.4 Å². The lowest BCUT2D eigenvalue weighted by Gasteiger charge is -2.33. The molecule has 2 aromatic rings. The van der Waals surface area contributed by atoms with Crippen molar-refractivity contribution in [3.05, 3.63) is 84.4 Å². The smallest absolute Gasteiger partial charge is 0.294 e. The van der Waals surface area contributed by atoms with E-state index < -0.39 is 5.60 Å². The van der Waals surface area contributed by atoms with Crippen LogP contribution in [0.25, 0.3) is 0 Å². The van der Waals surface area contributed by atoms with Gasteiger partial charge in [0.25, 0.3) is 5.91 Å². The standard InChI is InChI=1S/C22H23NO2/c1-3-5-16-22(19(4-2)17-12-8-6-9-13-17)21(24)23-20(25-22)18-14-10-7-11-15-18/h4,6-15,19H,2-3,5,16H2,1H3/t19-,22+/m0/s1. The number of carbonyl (C=O) groups is 1. The van der Waals surface area contributed by atoms with Crippen LogP contribution in [0.1, 0.15) is 43.2 Å². The predicted molar refractivity (Wildman–Crippen MR) is 101 cm³/mol. The van der Waals surface area contributed by atoms with Gasteiger partial charge in [0.1, 0.15) is 0 Å². The van der Waals surface area contributed by atoms with E-state index in [1.165, 1.54) is 0 Å². The molecule has 0 saturated carbocycles. The van der Waals surface area contributed by atoms with Crippen LogP contribution in [0.3, 0.4) is 0 Å². The number of aliphatic imine (C=N–C) groups is 1. The average molecular weight is 333 g/mol. The molecule has 128 valence electrons. The highest BCUT2D eigenvalue weighted by molar-refractivity contribution is 6.09. The summed E-state index contributed by atoms with van der Waals surface area (Å²) in [6.45, 7) is 6.09. The van der Waals surface area contributed by atoms with Crippen molar-refractivity contribution >= 4 is 11.8 Å². The highest BCUT2D eigenvalue weighted by Gasteiger charge is 2.51. The molecule has 0 saturated heterocycles. The fourth-order valence-corrected chi connectivity index (χ4v) is 3.34. The second-order valence-electron chi connectivity index (χ2n) is 6.31. The Hall–Kier alpha value is -2.68. The van der Waals surface area contributed by atoms with Gasteiger partial charge in [0.2, 0.25) is 11.5 Å². The number of carbonyl (C=O) groups excluding carboxylic acids is 1. The number of amides is 1. The number of nitrogens with zero attached hydrogens (tertiary/aromatic N) is 1. The lowest BCUT2D eigenvalue weighted by Crippen LogP contribution is -2.43. The number of ether oxygens (including phenoxy) is 1. The summed E-state index contributed by atoms with van der Waals surface area (Å²) in [5, 5.41) is 0. The molecule has 0 radical (unpaired) electrons. The zero-order valence-electron chi connectivity index (χ0n) is 14.5. The molecule has 1 aliphatic rings. The molecule has 3 heteroatoms. The Morgan fingerprint density at radius 1 is 1.12 bits per heavy atom. The van der Waals surface area contributed by atoms with Crippen molar-refractivity contribution in [2.75, 3.05) is 0 Å². The molecule has 2 aromatic carbocycles. The normalized spacial score (nSPS) is 20.7. The third-order valence-corrected chi connectivity index (χ3v) is 4.66. The summed E-state index contributed by atoms with van der Waals surface area (Å²) in [6.07, 6.45) is 4.30. The molecule has 0 aromatic heterocycles. The molecule has 2 atom stereocenters. The minimum atomic E-state index is -1.01. The van der Waals surface area contributed by atoms with E-state index in [4.69, 9.17) is 4.74 Å². The van der Waals surface area contributed by atoms with Crippen molar-refractivity contribution < 1.29 is 9.53 Å². The summed E-state index contributed by atoms with van der Waals surface area (Å²) in [4.78, 5) is 17.3. The van der Waals surface area contributed by atoms with Gasteiger partial charge in [-0.3, -0.25) is 4.79 Å². The van der Waals surface area contributed by atoms with Gasteiger partial charge in [-0.25, -0.2) is 0 Å². The Kier molecular flexibility index (Phi) is 5.13. The Balaban J connectivity index is 2.00. The first-order chi connectivity index (χ1) is 12.2. The molecule has 0 bridgehead atoms. The molecule has 3 rings (SSSR count). The first-order valence-electron chi connectivity index (χ1n) is 8.76. The van der Waals surface area contributed by atoms with E-state index in [0.29, 0.717) is 12.3 Å². The van der Waals surface area contributed by atoms with Crippen molar-refractivity contribution in [2.45, 2.75) is 37.7 Å². The monoisotopic (exact) mass is 333 g/mol. The fraction of sp³-hybridized carbons (Fsp3) is 0.273. The van der Waals surface area contributed by atoms with Gasteiger partial charge < -0.3 is 4.74 Å². The molecule has 1 heterocycles. The van der Waals surface area contributed by atoms with Crippen molar-refractivity contribution in [1.82, 2.24) is 0 Å². The number of hydrogen-bond donors (Lipinski definition) is 0. The van der Waals surface area contributed by atoms with Crippen LogP contribution in [-0.2, 0) is 9.53 Å². The number of rotatable bonds is 7. The Morgan fingerprint density at radius 2 is 1.76 bits per heavy atom. The number of benzene rings is 2. The van der Waals surface area contributed by atoms with Crippen LogP contribution in [0.15, 0.2) is 78.3 Å². The first kappa shape index (κ1) is 17.2. The number of hydrogen-bond acceptors (Lipinski definition) is 2. The van der Waals surface area contributed by atoms with Gasteiger partial charge >= 0.3 is 0 Å². The minimum absolute atomic E-state index is 0.214. The lowest BCUT2D eigenvalue weighted by atomic mass is 9.78. The summed E-state index contributed by atoms with van der Waals surface area (Å²) < 4.78 is 6.29. The van der Waals surface area contributed by atoms with Gasteiger partial charge in [-0.1, -0.05) is 68.0 Å². The highest BCUT2D eigenvalue weighted by Crippen LogP contribution is 2.41. The fourth-order valence-electron chi connectivity index (χ4n) is 3.34. The molecule has 1 aliphatic heterocycles. The van der Waals surface area contributed by atoms with Gasteiger partial charge in [0, 0.05) is 5.56 Å². The summed E-state index contributed by atoms with van der Waals surface area (Å²) in [5.41, 5.74) is 0.834. The zero-order chi connectivity index (χ0) is 17.7. The third kappa shape index (κ3) is 3.27. The molecule has 0 fully saturated rings. The van der Waals surface area contributed by atoms with Crippen molar-refractivity contribution in [1.29, 1.82) is 0 Å². The summed E-state index contributed by atoms with van der Waals surface area (Å²) >= 11 is 0. The van der Waals surface area contributed by atoms with Crippen molar-refractivity contribution in [3.8, 4) is 0 Å². The average Bonchev–Trinajstić information content (AvgIpc) is 3.00. The topological polar surface area (TPSA) is 38.7 Å². The van der Waals surface area contributed by atoms with Crippen LogP contribution in [0.5, 0.6) is 0 Å². The van der Waals surface area contributed by atoms with E-state index in [-0.39, 0.29) is 11.8 Å². The maximum Gasteiger partial charge on any atom is 0.294 e. The van der Waals surface area contributed by atoms with Crippen LogP contribution >= 0.6 is 0 Å². The Labute approximate surface area is 149 Å². The Bertz CT molecular complexity index is 767. The highest BCUT2D eigenvalue weighted by atomic mass is 16.5. The Morgan fingerprint density at radius 3 is 2.36 bits per heavy atom. The molecule has 0 unspecified atom stereocenters. The predicted octanol–water partition coefficient (Wildman–Crippen LogP) is 4.89. The zero-order valence-corrected chi connectivity index (χ0v) is 14.5. The summed E-state index contributed by atoms with van der Waals surface area (Å²) in [5.74, 6) is -0.0456. The summed E-state index contributed by atoms with van der Waals surface area (Å²) in [6, 6.07) is 19.5. The molecule has 0 N–H and O–H groups in total. The summed E-state index contributed by atoms with van der Waals surface area (Å²) in [7, 11) is 0. The van der Waals surface area contributed by atoms with Crippen LogP contribution in [0.2, 0.25) is 0 Å². The quantitative estimate of drug-likeness (QED) is 0.677. The largest absolute Gasteiger partial charge is 0.459 e. The number of unbranched alkanes of at least 4 members (excludes halogenated alkanes) is 1. The molecular weight excluding hydrogens is 310 g/mol. The van der Waals surface area contributed by atoms with Gasteiger partial charge in [-0.05, 0) is 30.5 Å². The van der Waals surface area contributed by atoms with Gasteiger partial charge in [-0.15, -0.1) is 6.58 Å². The maximum absolute atomic E-state index is 13.0. The van der Waals surface area contributed by atoms with Crippen LogP contribution < -0.4 is 0 Å². The van der Waals surface area contributed by atoms with Gasteiger partial charge in [0.15, 0.2) is 0 Å². The van der Waals surface area contributed by atoms with Crippen molar-refractivity contribution in [2.24, 2.45) is 4.99 Å². The van der Waals surface area contributed by atoms with Gasteiger partial charge in [0.05, 0.1) is 5.92 Å². The molecular formula is C22H23NO2. The van der Waals surface area contributed by atoms with Crippen LogP contribution in [0, 0.1) is 0 Å². The minimum Gasteiger partial charge on any atom is -0.459 e. The van der Waals surface area contributed by atoms with E-state index in [0.717, 1.165) is 24.0 Å².